The second-order valence-corrected chi connectivity index (χ2v) is 4.55. The lowest BCUT2D eigenvalue weighted by Gasteiger charge is -2.28. The van der Waals surface area contributed by atoms with Gasteiger partial charge < -0.3 is 15.4 Å². The summed E-state index contributed by atoms with van der Waals surface area (Å²) in [6, 6.07) is 0.245. The molecule has 0 aromatic rings. The highest BCUT2D eigenvalue weighted by molar-refractivity contribution is 5.85. The van der Waals surface area contributed by atoms with Gasteiger partial charge in [-0.25, -0.2) is 0 Å². The van der Waals surface area contributed by atoms with Crippen LogP contribution >= 0.6 is 12.4 Å². The van der Waals surface area contributed by atoms with Crippen LogP contribution in [0.3, 0.4) is 0 Å². The van der Waals surface area contributed by atoms with Gasteiger partial charge in [0.25, 0.3) is 0 Å². The highest BCUT2D eigenvalue weighted by atomic mass is 35.5. The zero-order valence-corrected chi connectivity index (χ0v) is 10.4. The lowest BCUT2D eigenvalue weighted by molar-refractivity contribution is -0.136. The summed E-state index contributed by atoms with van der Waals surface area (Å²) in [4.78, 5) is 13.8. The third kappa shape index (κ3) is 3.34. The summed E-state index contributed by atoms with van der Waals surface area (Å²) in [5, 5.41) is 0. The Hall–Kier alpha value is -0.320. The molecule has 2 aliphatic rings. The van der Waals surface area contributed by atoms with Crippen molar-refractivity contribution in [2.75, 3.05) is 26.3 Å². The third-order valence-electron chi connectivity index (χ3n) is 3.52. The number of hydrogen-bond donors (Lipinski definition) is 1. The van der Waals surface area contributed by atoms with Crippen molar-refractivity contribution in [2.45, 2.75) is 31.7 Å². The summed E-state index contributed by atoms with van der Waals surface area (Å²) in [6.07, 6.45) is 4.03. The number of nitrogens with zero attached hydrogens (tertiary/aromatic N) is 1. The molecule has 1 aliphatic heterocycles. The molecule has 2 atom stereocenters. The molecule has 0 aromatic heterocycles. The number of carbonyl (C=O) groups excluding carboxylic acids is 1. The maximum Gasteiger partial charge on any atom is 0.223 e. The van der Waals surface area contributed by atoms with Crippen LogP contribution < -0.4 is 5.73 Å². The topological polar surface area (TPSA) is 55.6 Å². The third-order valence-corrected chi connectivity index (χ3v) is 3.52. The van der Waals surface area contributed by atoms with Gasteiger partial charge in [0.15, 0.2) is 0 Å². The van der Waals surface area contributed by atoms with Gasteiger partial charge in [-0.3, -0.25) is 4.79 Å². The molecule has 0 unspecified atom stereocenters. The van der Waals surface area contributed by atoms with Crippen LogP contribution in [0, 0.1) is 5.92 Å². The number of amides is 1. The largest absolute Gasteiger partial charge is 0.378 e. The van der Waals surface area contributed by atoms with E-state index < -0.39 is 0 Å². The van der Waals surface area contributed by atoms with Crippen LogP contribution in [0.1, 0.15) is 25.7 Å². The van der Waals surface area contributed by atoms with Gasteiger partial charge in [0.2, 0.25) is 5.91 Å². The molecule has 0 bridgehead atoms. The number of morpholine rings is 1. The van der Waals surface area contributed by atoms with Gasteiger partial charge in [-0.2, -0.15) is 0 Å². The first-order chi connectivity index (χ1) is 7.27. The lowest BCUT2D eigenvalue weighted by Crippen LogP contribution is -2.42. The van der Waals surface area contributed by atoms with E-state index in [0.717, 1.165) is 25.9 Å². The molecule has 16 heavy (non-hydrogen) atoms. The smallest absolute Gasteiger partial charge is 0.223 e. The van der Waals surface area contributed by atoms with Gasteiger partial charge in [-0.1, -0.05) is 6.42 Å². The predicted octanol–water partition coefficient (Wildman–Crippen LogP) is 0.784. The van der Waals surface area contributed by atoms with Crippen molar-refractivity contribution >= 4 is 18.3 Å². The fraction of sp³-hybridized carbons (Fsp3) is 0.909. The number of carbonyl (C=O) groups is 1. The molecule has 94 valence electrons. The predicted molar refractivity (Wildman–Crippen MR) is 64.6 cm³/mol. The molecule has 2 N–H and O–H groups in total. The Balaban J connectivity index is 0.00000128. The van der Waals surface area contributed by atoms with Gasteiger partial charge >= 0.3 is 0 Å². The zero-order chi connectivity index (χ0) is 10.7. The van der Waals surface area contributed by atoms with Crippen molar-refractivity contribution in [3.63, 3.8) is 0 Å². The molecular formula is C11H21ClN2O2. The van der Waals surface area contributed by atoms with E-state index in [0.29, 0.717) is 25.6 Å². The number of rotatable bonds is 2. The minimum absolute atomic E-state index is 0. The fourth-order valence-electron chi connectivity index (χ4n) is 2.49. The lowest BCUT2D eigenvalue weighted by atomic mass is 9.99. The number of hydrogen-bond acceptors (Lipinski definition) is 3. The normalized spacial score (nSPS) is 29.9. The van der Waals surface area contributed by atoms with Gasteiger partial charge in [-0.15, -0.1) is 12.4 Å². The maximum atomic E-state index is 11.9. The molecule has 0 radical (unpaired) electrons. The first-order valence-corrected chi connectivity index (χ1v) is 5.88. The number of nitrogens with two attached hydrogens (primary N) is 1. The summed E-state index contributed by atoms with van der Waals surface area (Å²) >= 11 is 0. The van der Waals surface area contributed by atoms with Gasteiger partial charge in [0, 0.05) is 25.6 Å². The van der Waals surface area contributed by atoms with E-state index in [1.807, 2.05) is 4.90 Å². The van der Waals surface area contributed by atoms with Crippen LogP contribution in [0.25, 0.3) is 0 Å². The van der Waals surface area contributed by atoms with Gasteiger partial charge in [0.1, 0.15) is 0 Å². The Labute approximate surface area is 103 Å². The van der Waals surface area contributed by atoms with Gasteiger partial charge in [0.05, 0.1) is 13.2 Å². The Kier molecular flexibility index (Phi) is 5.52. The van der Waals surface area contributed by atoms with Crippen LogP contribution in [0.4, 0.5) is 0 Å². The molecule has 1 saturated carbocycles. The maximum absolute atomic E-state index is 11.9. The van der Waals surface area contributed by atoms with E-state index in [2.05, 4.69) is 0 Å². The minimum atomic E-state index is 0. The molecule has 2 rings (SSSR count). The summed E-state index contributed by atoms with van der Waals surface area (Å²) in [5.74, 6) is 0.681. The molecule has 2 fully saturated rings. The molecule has 0 aromatic carbocycles. The average Bonchev–Trinajstić information content (AvgIpc) is 2.66. The second-order valence-electron chi connectivity index (χ2n) is 4.55. The van der Waals surface area contributed by atoms with E-state index in [4.69, 9.17) is 10.5 Å². The minimum Gasteiger partial charge on any atom is -0.378 e. The van der Waals surface area contributed by atoms with Crippen LogP contribution in [0.15, 0.2) is 0 Å². The molecule has 5 heteroatoms. The number of halogens is 1. The van der Waals surface area contributed by atoms with E-state index in [1.165, 1.54) is 6.42 Å². The molecule has 1 saturated heterocycles. The van der Waals surface area contributed by atoms with E-state index in [1.54, 1.807) is 0 Å². The highest BCUT2D eigenvalue weighted by Gasteiger charge is 2.28. The molecule has 1 aliphatic carbocycles. The SMILES string of the molecule is Cl.N[C@@H]1CCC[C@H]1CC(=O)N1CCOCC1. The van der Waals surface area contributed by atoms with Crippen LogP contribution in [-0.4, -0.2) is 43.2 Å². The van der Waals surface area contributed by atoms with E-state index in [-0.39, 0.29) is 24.4 Å². The van der Waals surface area contributed by atoms with Crippen LogP contribution in [0.5, 0.6) is 0 Å². The summed E-state index contributed by atoms with van der Waals surface area (Å²) in [6.45, 7) is 2.87. The average molecular weight is 249 g/mol. The molecular weight excluding hydrogens is 228 g/mol. The first kappa shape index (κ1) is 13.7. The Morgan fingerprint density at radius 2 is 2.00 bits per heavy atom. The van der Waals surface area contributed by atoms with Crippen molar-refractivity contribution in [1.29, 1.82) is 0 Å². The Morgan fingerprint density at radius 3 is 2.56 bits per heavy atom. The quantitative estimate of drug-likeness (QED) is 0.786. The molecule has 0 spiro atoms. The van der Waals surface area contributed by atoms with Crippen molar-refractivity contribution in [1.82, 2.24) is 4.90 Å². The number of ether oxygens (including phenoxy) is 1. The molecule has 1 amide bonds. The van der Waals surface area contributed by atoms with Gasteiger partial charge in [-0.05, 0) is 18.8 Å². The fourth-order valence-corrected chi connectivity index (χ4v) is 2.49. The molecule has 4 nitrogen and oxygen atoms in total. The van der Waals surface area contributed by atoms with Crippen molar-refractivity contribution < 1.29 is 9.53 Å². The van der Waals surface area contributed by atoms with Crippen LogP contribution in [0.2, 0.25) is 0 Å². The standard InChI is InChI=1S/C11H20N2O2.ClH/c12-10-3-1-2-9(10)8-11(14)13-4-6-15-7-5-13;/h9-10H,1-8,12H2;1H/t9-,10+;/m0./s1. The van der Waals surface area contributed by atoms with Crippen LogP contribution in [-0.2, 0) is 9.53 Å². The molecule has 1 heterocycles. The second kappa shape index (κ2) is 6.42. The highest BCUT2D eigenvalue weighted by Crippen LogP contribution is 2.27. The Bertz CT molecular complexity index is 232. The van der Waals surface area contributed by atoms with Crippen molar-refractivity contribution in [3.05, 3.63) is 0 Å². The Morgan fingerprint density at radius 1 is 1.31 bits per heavy atom. The van der Waals surface area contributed by atoms with E-state index >= 15 is 0 Å². The zero-order valence-electron chi connectivity index (χ0n) is 9.56. The van der Waals surface area contributed by atoms with E-state index in [9.17, 15) is 4.79 Å². The summed E-state index contributed by atoms with van der Waals surface area (Å²) in [7, 11) is 0. The monoisotopic (exact) mass is 248 g/mol. The van der Waals surface area contributed by atoms with Crippen molar-refractivity contribution in [2.24, 2.45) is 11.7 Å². The summed E-state index contributed by atoms with van der Waals surface area (Å²) in [5.41, 5.74) is 5.96. The van der Waals surface area contributed by atoms with Crippen molar-refractivity contribution in [3.8, 4) is 0 Å². The first-order valence-electron chi connectivity index (χ1n) is 5.88. The summed E-state index contributed by atoms with van der Waals surface area (Å²) < 4.78 is 5.22.